The van der Waals surface area contributed by atoms with Crippen molar-refractivity contribution in [3.05, 3.63) is 77.7 Å². The van der Waals surface area contributed by atoms with E-state index in [0.29, 0.717) is 29.8 Å². The largest absolute Gasteiger partial charge is 0.383 e. The minimum absolute atomic E-state index is 0.296. The topological polar surface area (TPSA) is 70.4 Å². The van der Waals surface area contributed by atoms with Crippen molar-refractivity contribution < 1.29 is 4.39 Å². The van der Waals surface area contributed by atoms with Crippen LogP contribution < -0.4 is 10.6 Å². The first-order valence-corrected chi connectivity index (χ1v) is 12.8. The second kappa shape index (κ2) is 11.4. The first-order chi connectivity index (χ1) is 17.8. The third-order valence-corrected chi connectivity index (χ3v) is 6.63. The highest BCUT2D eigenvalue weighted by atomic mass is 19.1. The number of aromatic nitrogens is 3. The van der Waals surface area contributed by atoms with Gasteiger partial charge in [0.05, 0.1) is 18.8 Å². The van der Waals surface area contributed by atoms with Crippen LogP contribution in [0.1, 0.15) is 45.9 Å². The van der Waals surface area contributed by atoms with Crippen LogP contribution in [0.25, 0.3) is 16.3 Å². The number of hydrogen-bond donors (Lipinski definition) is 2. The molecule has 37 heavy (non-hydrogen) atoms. The van der Waals surface area contributed by atoms with Crippen molar-refractivity contribution in [2.75, 3.05) is 18.4 Å². The summed E-state index contributed by atoms with van der Waals surface area (Å²) in [5, 5.41) is 13.0. The molecule has 7 nitrogen and oxygen atoms in total. The van der Waals surface area contributed by atoms with Crippen molar-refractivity contribution in [3.8, 4) is 0 Å². The van der Waals surface area contributed by atoms with Gasteiger partial charge in [-0.1, -0.05) is 12.7 Å². The molecule has 0 saturated carbocycles. The molecule has 4 rings (SSSR count). The average molecular weight is 502 g/mol. The summed E-state index contributed by atoms with van der Waals surface area (Å²) >= 11 is 0. The van der Waals surface area contributed by atoms with E-state index in [2.05, 4.69) is 52.9 Å². The fraction of sp³-hybridized carbons (Fsp3) is 0.345. The van der Waals surface area contributed by atoms with E-state index in [1.54, 1.807) is 12.4 Å². The van der Waals surface area contributed by atoms with Gasteiger partial charge in [-0.25, -0.2) is 9.37 Å². The second-order valence-electron chi connectivity index (χ2n) is 9.36. The number of benzene rings is 1. The van der Waals surface area contributed by atoms with Crippen LogP contribution >= 0.6 is 0 Å². The van der Waals surface area contributed by atoms with E-state index in [1.807, 2.05) is 49.0 Å². The van der Waals surface area contributed by atoms with E-state index in [1.165, 1.54) is 6.07 Å². The number of halogens is 1. The SMILES string of the molecule is C=CN(Cc1cc(Nc2cc3cc(C4=C(C)/C(=C/C)NCC/N=C\4)c(F)cc3cn2)nn1CC)C(C)C. The Morgan fingerprint density at radius 2 is 2.03 bits per heavy atom. The molecule has 1 aliphatic rings. The zero-order valence-corrected chi connectivity index (χ0v) is 22.3. The first-order valence-electron chi connectivity index (χ1n) is 12.8. The van der Waals surface area contributed by atoms with Gasteiger partial charge in [0.25, 0.3) is 0 Å². The number of anilines is 2. The summed E-state index contributed by atoms with van der Waals surface area (Å²) in [5.41, 5.74) is 4.33. The number of fused-ring (bicyclic) bond motifs is 1. The third kappa shape index (κ3) is 5.74. The molecule has 0 radical (unpaired) electrons. The summed E-state index contributed by atoms with van der Waals surface area (Å²) < 4.78 is 17.2. The Kier molecular flexibility index (Phi) is 8.06. The van der Waals surface area contributed by atoms with Crippen LogP contribution in [0.3, 0.4) is 0 Å². The molecule has 0 aliphatic carbocycles. The van der Waals surface area contributed by atoms with Gasteiger partial charge in [-0.2, -0.15) is 5.10 Å². The lowest BCUT2D eigenvalue weighted by Gasteiger charge is -2.24. The molecule has 0 amide bonds. The van der Waals surface area contributed by atoms with E-state index < -0.39 is 0 Å². The van der Waals surface area contributed by atoms with Crippen LogP contribution in [0, 0.1) is 5.82 Å². The standard InChI is InChI=1S/C29H36FN7/c1-7-27-20(6)25(17-31-10-11-32-27)24-12-21-14-28(33-16-22(21)13-26(24)30)34-29-15-23(37(9-3)35-29)18-36(8-2)19(4)5/h7-8,12-17,19,32H,2,9-11,18H2,1,3-6H3,(H,33,34,35)/b25-20+,27-7-,31-17-. The maximum absolute atomic E-state index is 15.3. The number of allylic oxidation sites excluding steroid dienone is 3. The van der Waals surface area contributed by atoms with Gasteiger partial charge in [-0.15, -0.1) is 0 Å². The zero-order valence-electron chi connectivity index (χ0n) is 22.3. The van der Waals surface area contributed by atoms with Crippen molar-refractivity contribution in [2.24, 2.45) is 4.99 Å². The normalized spacial score (nSPS) is 18.0. The van der Waals surface area contributed by atoms with E-state index >= 15 is 4.39 Å². The predicted molar refractivity (Wildman–Crippen MR) is 151 cm³/mol. The summed E-state index contributed by atoms with van der Waals surface area (Å²) in [6.07, 6.45) is 7.35. The van der Waals surface area contributed by atoms with Crippen LogP contribution in [0.5, 0.6) is 0 Å². The minimum Gasteiger partial charge on any atom is -0.383 e. The van der Waals surface area contributed by atoms with Crippen LogP contribution in [0.2, 0.25) is 0 Å². The van der Waals surface area contributed by atoms with Crippen LogP contribution in [0.15, 0.2) is 65.6 Å². The number of pyridine rings is 1. The molecular formula is C29H36FN7. The average Bonchev–Trinajstić information content (AvgIpc) is 3.26. The maximum Gasteiger partial charge on any atom is 0.153 e. The number of nitrogens with zero attached hydrogens (tertiary/aromatic N) is 5. The predicted octanol–water partition coefficient (Wildman–Crippen LogP) is 6.04. The second-order valence-corrected chi connectivity index (χ2v) is 9.36. The van der Waals surface area contributed by atoms with Gasteiger partial charge in [0.2, 0.25) is 0 Å². The highest BCUT2D eigenvalue weighted by Crippen LogP contribution is 2.29. The molecule has 0 bridgehead atoms. The molecule has 0 atom stereocenters. The van der Waals surface area contributed by atoms with Gasteiger partial charge in [0.1, 0.15) is 11.6 Å². The van der Waals surface area contributed by atoms with E-state index in [4.69, 9.17) is 5.10 Å². The van der Waals surface area contributed by atoms with Gasteiger partial charge in [0, 0.05) is 59.8 Å². The quantitative estimate of drug-likeness (QED) is 0.394. The molecule has 3 heterocycles. The first kappa shape index (κ1) is 26.1. The van der Waals surface area contributed by atoms with Crippen molar-refractivity contribution in [2.45, 2.75) is 53.8 Å². The van der Waals surface area contributed by atoms with Crippen molar-refractivity contribution in [1.29, 1.82) is 0 Å². The van der Waals surface area contributed by atoms with Crippen molar-refractivity contribution >= 4 is 34.2 Å². The van der Waals surface area contributed by atoms with Crippen molar-refractivity contribution in [1.82, 2.24) is 25.0 Å². The monoisotopic (exact) mass is 501 g/mol. The Morgan fingerprint density at radius 1 is 1.22 bits per heavy atom. The van der Waals surface area contributed by atoms with Crippen molar-refractivity contribution in [3.63, 3.8) is 0 Å². The Balaban J connectivity index is 1.68. The summed E-state index contributed by atoms with van der Waals surface area (Å²) in [5.74, 6) is 1.07. The summed E-state index contributed by atoms with van der Waals surface area (Å²) in [6.45, 7) is 17.1. The summed E-state index contributed by atoms with van der Waals surface area (Å²) in [4.78, 5) is 11.2. The third-order valence-electron chi connectivity index (χ3n) is 6.63. The van der Waals surface area contributed by atoms with E-state index in [9.17, 15) is 0 Å². The van der Waals surface area contributed by atoms with Gasteiger partial charge in [-0.05, 0) is 70.0 Å². The molecule has 1 aliphatic heterocycles. The molecule has 0 unspecified atom stereocenters. The molecule has 3 aromatic rings. The lowest BCUT2D eigenvalue weighted by atomic mass is 9.96. The number of aliphatic imine (C=N–C) groups is 1. The van der Waals surface area contributed by atoms with Crippen LogP contribution in [-0.4, -0.2) is 45.0 Å². The molecule has 0 fully saturated rings. The van der Waals surface area contributed by atoms with Gasteiger partial charge < -0.3 is 15.5 Å². The number of aryl methyl sites for hydroxylation is 1. The van der Waals surface area contributed by atoms with Gasteiger partial charge >= 0.3 is 0 Å². The smallest absolute Gasteiger partial charge is 0.153 e. The highest BCUT2D eigenvalue weighted by molar-refractivity contribution is 6.13. The number of rotatable bonds is 8. The minimum atomic E-state index is -0.296. The van der Waals surface area contributed by atoms with Crippen LogP contribution in [0.4, 0.5) is 16.0 Å². The van der Waals surface area contributed by atoms with Crippen LogP contribution in [-0.2, 0) is 13.1 Å². The fourth-order valence-electron chi connectivity index (χ4n) is 4.51. The Hall–Kier alpha value is -3.94. The molecule has 194 valence electrons. The fourth-order valence-corrected chi connectivity index (χ4v) is 4.51. The summed E-state index contributed by atoms with van der Waals surface area (Å²) in [7, 11) is 0. The van der Waals surface area contributed by atoms with E-state index in [0.717, 1.165) is 52.9 Å². The lowest BCUT2D eigenvalue weighted by Crippen LogP contribution is -2.25. The van der Waals surface area contributed by atoms with E-state index in [-0.39, 0.29) is 5.82 Å². The molecule has 0 saturated heterocycles. The number of nitrogens with one attached hydrogen (secondary N) is 2. The molecule has 1 aromatic carbocycles. The summed E-state index contributed by atoms with van der Waals surface area (Å²) in [6, 6.07) is 7.72. The Morgan fingerprint density at radius 3 is 2.73 bits per heavy atom. The highest BCUT2D eigenvalue weighted by Gasteiger charge is 2.16. The molecule has 8 heteroatoms. The molecule has 2 aromatic heterocycles. The van der Waals surface area contributed by atoms with Gasteiger partial charge in [-0.3, -0.25) is 9.67 Å². The Labute approximate surface area is 218 Å². The zero-order chi connectivity index (χ0) is 26.5. The molecular weight excluding hydrogens is 465 g/mol. The maximum atomic E-state index is 15.3. The number of hydrogen-bond acceptors (Lipinski definition) is 6. The Bertz CT molecular complexity index is 1380. The molecule has 2 N–H and O–H groups in total. The molecule has 0 spiro atoms. The van der Waals surface area contributed by atoms with Gasteiger partial charge in [0.15, 0.2) is 5.82 Å². The lowest BCUT2D eigenvalue weighted by molar-refractivity contribution is 0.294.